The molecule has 1 atom stereocenters. The van der Waals surface area contributed by atoms with Gasteiger partial charge in [0.2, 0.25) is 0 Å². The van der Waals surface area contributed by atoms with E-state index in [9.17, 15) is 4.79 Å². The highest BCUT2D eigenvalue weighted by Gasteiger charge is 2.57. The summed E-state index contributed by atoms with van der Waals surface area (Å²) in [6.07, 6.45) is 1.79. The molecule has 0 saturated carbocycles. The van der Waals surface area contributed by atoms with Crippen molar-refractivity contribution in [2.24, 2.45) is 5.41 Å². The molecule has 2 aromatic carbocycles. The molecule has 160 valence electrons. The highest BCUT2D eigenvalue weighted by atomic mass is 16.5. The monoisotopic (exact) mass is 417 g/mol. The Morgan fingerprint density at radius 1 is 1.16 bits per heavy atom. The van der Waals surface area contributed by atoms with Crippen LogP contribution in [-0.2, 0) is 6.54 Å². The average molecular weight is 418 g/mol. The normalized spacial score (nSPS) is 20.1. The van der Waals surface area contributed by atoms with Crippen molar-refractivity contribution in [2.45, 2.75) is 19.4 Å². The molecule has 0 aliphatic carbocycles. The molecule has 2 fully saturated rings. The van der Waals surface area contributed by atoms with E-state index in [0.717, 1.165) is 31.3 Å². The number of likely N-dealkylation sites (tertiary alicyclic amines) is 2. The number of hydrogen-bond acceptors (Lipinski definition) is 5. The Labute approximate surface area is 182 Å². The lowest BCUT2D eigenvalue weighted by Gasteiger charge is -2.50. The second-order valence-corrected chi connectivity index (χ2v) is 8.77. The van der Waals surface area contributed by atoms with Crippen LogP contribution in [0.4, 0.5) is 0 Å². The number of methoxy groups -OCH3 is 1. The van der Waals surface area contributed by atoms with Crippen molar-refractivity contribution in [1.29, 1.82) is 0 Å². The Morgan fingerprint density at radius 2 is 1.97 bits per heavy atom. The molecule has 3 aromatic rings. The van der Waals surface area contributed by atoms with Crippen LogP contribution in [0.1, 0.15) is 33.5 Å². The number of amides is 1. The van der Waals surface area contributed by atoms with E-state index < -0.39 is 0 Å². The highest BCUT2D eigenvalue weighted by Crippen LogP contribution is 2.49. The minimum absolute atomic E-state index is 0.0272. The Morgan fingerprint density at radius 3 is 2.68 bits per heavy atom. The van der Waals surface area contributed by atoms with Gasteiger partial charge in [-0.3, -0.25) is 9.69 Å². The van der Waals surface area contributed by atoms with Crippen molar-refractivity contribution >= 4 is 5.91 Å². The molecule has 1 spiro atoms. The summed E-state index contributed by atoms with van der Waals surface area (Å²) in [6.45, 7) is 6.05. The van der Waals surface area contributed by atoms with Gasteiger partial charge in [-0.1, -0.05) is 36.4 Å². The zero-order chi connectivity index (χ0) is 21.4. The summed E-state index contributed by atoms with van der Waals surface area (Å²) in [4.78, 5) is 22.0. The molecule has 0 bridgehead atoms. The van der Waals surface area contributed by atoms with Crippen molar-refractivity contribution in [3.8, 4) is 5.75 Å². The number of benzene rings is 2. The first-order valence-electron chi connectivity index (χ1n) is 10.7. The van der Waals surface area contributed by atoms with Crippen LogP contribution in [0.25, 0.3) is 0 Å². The van der Waals surface area contributed by atoms with Crippen LogP contribution in [0.5, 0.6) is 5.75 Å². The number of carbonyl (C=O) groups is 1. The molecule has 2 aliphatic rings. The Balaban J connectivity index is 1.35. The van der Waals surface area contributed by atoms with E-state index in [1.807, 2.05) is 36.1 Å². The predicted molar refractivity (Wildman–Crippen MR) is 117 cm³/mol. The van der Waals surface area contributed by atoms with Gasteiger partial charge in [0.1, 0.15) is 11.5 Å². The topological polar surface area (TPSA) is 58.8 Å². The van der Waals surface area contributed by atoms with Gasteiger partial charge in [0.25, 0.3) is 5.91 Å². The Bertz CT molecular complexity index is 1070. The van der Waals surface area contributed by atoms with Crippen LogP contribution in [0.15, 0.2) is 65.2 Å². The first-order valence-corrected chi connectivity index (χ1v) is 10.7. The van der Waals surface area contributed by atoms with Gasteiger partial charge in [-0.2, -0.15) is 0 Å². The number of ether oxygens (including phenoxy) is 1. The number of aromatic nitrogens is 1. The lowest BCUT2D eigenvalue weighted by molar-refractivity contribution is -0.000645. The van der Waals surface area contributed by atoms with E-state index in [-0.39, 0.29) is 17.2 Å². The quantitative estimate of drug-likeness (QED) is 0.633. The van der Waals surface area contributed by atoms with Gasteiger partial charge in [0, 0.05) is 43.7 Å². The number of nitrogens with zero attached hydrogens (tertiary/aromatic N) is 3. The van der Waals surface area contributed by atoms with E-state index in [4.69, 9.17) is 9.15 Å². The van der Waals surface area contributed by atoms with E-state index in [2.05, 4.69) is 34.1 Å². The molecule has 0 radical (unpaired) electrons. The summed E-state index contributed by atoms with van der Waals surface area (Å²) in [7, 11) is 1.62. The Kier molecular flexibility index (Phi) is 5.02. The summed E-state index contributed by atoms with van der Waals surface area (Å²) in [5.74, 6) is 2.55. The predicted octanol–water partition coefficient (Wildman–Crippen LogP) is 3.73. The average Bonchev–Trinajstić information content (AvgIpc) is 3.36. The third-order valence-corrected chi connectivity index (χ3v) is 6.52. The zero-order valence-electron chi connectivity index (χ0n) is 18.0. The van der Waals surface area contributed by atoms with Crippen LogP contribution < -0.4 is 4.74 Å². The lowest BCUT2D eigenvalue weighted by Crippen LogP contribution is -2.61. The maximum atomic E-state index is 13.1. The smallest absolute Gasteiger partial charge is 0.254 e. The molecule has 2 aliphatic heterocycles. The van der Waals surface area contributed by atoms with Crippen LogP contribution in [-0.4, -0.2) is 54.0 Å². The number of aryl methyl sites for hydroxylation is 1. The summed E-state index contributed by atoms with van der Waals surface area (Å²) >= 11 is 0. The maximum Gasteiger partial charge on any atom is 0.254 e. The van der Waals surface area contributed by atoms with Gasteiger partial charge in [-0.15, -0.1) is 0 Å². The van der Waals surface area contributed by atoms with Gasteiger partial charge in [0.05, 0.1) is 19.2 Å². The standard InChI is InChI=1S/C25H27N3O3/c1-18-12-26-23(31-18)22-14-27(13-19-7-4-3-5-8-19)15-25(22)16-28(17-25)24(29)20-9-6-10-21(11-20)30-2/h3-12,22H,13-17H2,1-2H3. The molecule has 0 N–H and O–H groups in total. The van der Waals surface area contributed by atoms with Crippen molar-refractivity contribution < 1.29 is 13.9 Å². The number of hydrogen-bond donors (Lipinski definition) is 0. The van der Waals surface area contributed by atoms with Crippen molar-refractivity contribution in [3.05, 3.63) is 83.6 Å². The van der Waals surface area contributed by atoms with Gasteiger partial charge in [-0.05, 0) is 30.7 Å². The van der Waals surface area contributed by atoms with Crippen LogP contribution >= 0.6 is 0 Å². The molecule has 6 heteroatoms. The minimum Gasteiger partial charge on any atom is -0.497 e. The van der Waals surface area contributed by atoms with Crippen LogP contribution in [0.2, 0.25) is 0 Å². The SMILES string of the molecule is COc1cccc(C(=O)N2CC3(CN(Cc4ccccc4)CC3c3ncc(C)o3)C2)c1. The second-order valence-electron chi connectivity index (χ2n) is 8.77. The second kappa shape index (κ2) is 7.85. The first kappa shape index (κ1) is 19.8. The van der Waals surface area contributed by atoms with Crippen molar-refractivity contribution in [3.63, 3.8) is 0 Å². The highest BCUT2D eigenvalue weighted by molar-refractivity contribution is 5.95. The molecular weight excluding hydrogens is 390 g/mol. The summed E-state index contributed by atoms with van der Waals surface area (Å²) in [6, 6.07) is 17.9. The molecule has 1 amide bonds. The van der Waals surface area contributed by atoms with Crippen LogP contribution in [0.3, 0.4) is 0 Å². The number of rotatable bonds is 5. The van der Waals surface area contributed by atoms with E-state index in [1.54, 1.807) is 19.4 Å². The van der Waals surface area contributed by atoms with Crippen molar-refractivity contribution in [2.75, 3.05) is 33.3 Å². The molecule has 31 heavy (non-hydrogen) atoms. The molecule has 6 nitrogen and oxygen atoms in total. The molecule has 1 unspecified atom stereocenters. The fourth-order valence-corrected chi connectivity index (χ4v) is 5.02. The van der Waals surface area contributed by atoms with Crippen LogP contribution in [0, 0.1) is 12.3 Å². The summed E-state index contributed by atoms with van der Waals surface area (Å²) in [5.41, 5.74) is 1.93. The van der Waals surface area contributed by atoms with E-state index in [1.165, 1.54) is 5.56 Å². The fraction of sp³-hybridized carbons (Fsp3) is 0.360. The van der Waals surface area contributed by atoms with E-state index in [0.29, 0.717) is 24.4 Å². The van der Waals surface area contributed by atoms with Crippen molar-refractivity contribution in [1.82, 2.24) is 14.8 Å². The number of carbonyl (C=O) groups excluding carboxylic acids is 1. The third-order valence-electron chi connectivity index (χ3n) is 6.52. The third kappa shape index (κ3) is 3.72. The van der Waals surface area contributed by atoms with Gasteiger partial charge < -0.3 is 14.1 Å². The zero-order valence-corrected chi connectivity index (χ0v) is 18.0. The molecular formula is C25H27N3O3. The van der Waals surface area contributed by atoms with Gasteiger partial charge in [-0.25, -0.2) is 4.98 Å². The molecule has 5 rings (SSSR count). The minimum atomic E-state index is -0.0272. The van der Waals surface area contributed by atoms with Gasteiger partial charge >= 0.3 is 0 Å². The van der Waals surface area contributed by atoms with E-state index >= 15 is 0 Å². The first-order chi connectivity index (χ1) is 15.1. The largest absolute Gasteiger partial charge is 0.497 e. The summed E-state index contributed by atoms with van der Waals surface area (Å²) < 4.78 is 11.2. The maximum absolute atomic E-state index is 13.1. The number of oxazole rings is 1. The lowest BCUT2D eigenvalue weighted by atomic mass is 9.71. The molecule has 1 aromatic heterocycles. The Hall–Kier alpha value is -3.12. The molecule has 3 heterocycles. The fourth-order valence-electron chi connectivity index (χ4n) is 5.02. The molecule has 2 saturated heterocycles. The summed E-state index contributed by atoms with van der Waals surface area (Å²) in [5, 5.41) is 0. The van der Waals surface area contributed by atoms with Gasteiger partial charge in [0.15, 0.2) is 5.89 Å².